The number of rotatable bonds is 3. The lowest BCUT2D eigenvalue weighted by Gasteiger charge is -2.21. The predicted octanol–water partition coefficient (Wildman–Crippen LogP) is 2.39. The van der Waals surface area contributed by atoms with Crippen molar-refractivity contribution >= 4 is 11.0 Å². The maximum atomic E-state index is 9.31. The van der Waals surface area contributed by atoms with Crippen molar-refractivity contribution in [2.75, 3.05) is 13.2 Å². The van der Waals surface area contributed by atoms with Crippen LogP contribution in [0.4, 0.5) is 0 Å². The highest BCUT2D eigenvalue weighted by Crippen LogP contribution is 2.25. The van der Waals surface area contributed by atoms with Gasteiger partial charge in [-0.3, -0.25) is 4.90 Å². The third kappa shape index (κ3) is 1.96. The second kappa shape index (κ2) is 4.51. The molecule has 2 heterocycles. The SMILES string of the molecule is OC[C@H]1CCCN1Cc1coc2ccccc12. The summed E-state index contributed by atoms with van der Waals surface area (Å²) >= 11 is 0. The molecule has 90 valence electrons. The number of furan rings is 1. The lowest BCUT2D eigenvalue weighted by Crippen LogP contribution is -2.31. The Morgan fingerprint density at radius 2 is 2.24 bits per heavy atom. The molecule has 3 nitrogen and oxygen atoms in total. The van der Waals surface area contributed by atoms with E-state index in [-0.39, 0.29) is 6.61 Å². The summed E-state index contributed by atoms with van der Waals surface area (Å²) in [7, 11) is 0. The molecule has 0 amide bonds. The first-order valence-electron chi connectivity index (χ1n) is 6.18. The van der Waals surface area contributed by atoms with Crippen molar-refractivity contribution in [1.82, 2.24) is 4.90 Å². The zero-order valence-electron chi connectivity index (χ0n) is 9.80. The number of fused-ring (bicyclic) bond motifs is 1. The van der Waals surface area contributed by atoms with E-state index in [1.165, 1.54) is 17.4 Å². The largest absolute Gasteiger partial charge is 0.464 e. The Morgan fingerprint density at radius 1 is 1.35 bits per heavy atom. The molecule has 3 rings (SSSR count). The molecule has 2 aromatic rings. The van der Waals surface area contributed by atoms with Crippen molar-refractivity contribution in [2.45, 2.75) is 25.4 Å². The lowest BCUT2D eigenvalue weighted by molar-refractivity contribution is 0.153. The summed E-state index contributed by atoms with van der Waals surface area (Å²) in [5, 5.41) is 10.5. The van der Waals surface area contributed by atoms with Crippen LogP contribution in [0.2, 0.25) is 0 Å². The van der Waals surface area contributed by atoms with Crippen LogP contribution in [0.3, 0.4) is 0 Å². The number of aliphatic hydroxyl groups excluding tert-OH is 1. The van der Waals surface area contributed by atoms with Gasteiger partial charge >= 0.3 is 0 Å². The van der Waals surface area contributed by atoms with E-state index in [4.69, 9.17) is 4.42 Å². The fourth-order valence-corrected chi connectivity index (χ4v) is 2.68. The van der Waals surface area contributed by atoms with Crippen LogP contribution < -0.4 is 0 Å². The van der Waals surface area contributed by atoms with E-state index in [0.717, 1.165) is 25.1 Å². The standard InChI is InChI=1S/C14H17NO2/c16-9-12-4-3-7-15(12)8-11-10-17-14-6-2-1-5-13(11)14/h1-2,5-6,10,12,16H,3-4,7-9H2/t12-/m1/s1. The van der Waals surface area contributed by atoms with Crippen LogP contribution in [-0.2, 0) is 6.54 Å². The molecule has 1 N–H and O–H groups in total. The Kier molecular flexibility index (Phi) is 2.87. The van der Waals surface area contributed by atoms with Crippen molar-refractivity contribution < 1.29 is 9.52 Å². The zero-order chi connectivity index (χ0) is 11.7. The van der Waals surface area contributed by atoms with E-state index in [0.29, 0.717) is 6.04 Å². The zero-order valence-corrected chi connectivity index (χ0v) is 9.80. The van der Waals surface area contributed by atoms with Crippen LogP contribution in [-0.4, -0.2) is 29.2 Å². The minimum atomic E-state index is 0.260. The summed E-state index contributed by atoms with van der Waals surface area (Å²) in [4.78, 5) is 2.34. The number of nitrogens with zero attached hydrogens (tertiary/aromatic N) is 1. The molecular weight excluding hydrogens is 214 g/mol. The van der Waals surface area contributed by atoms with Gasteiger partial charge in [-0.05, 0) is 25.5 Å². The van der Waals surface area contributed by atoms with Gasteiger partial charge in [-0.2, -0.15) is 0 Å². The Balaban J connectivity index is 1.85. The first kappa shape index (κ1) is 10.8. The third-order valence-electron chi connectivity index (χ3n) is 3.64. The van der Waals surface area contributed by atoms with Crippen LogP contribution in [0.5, 0.6) is 0 Å². The fourth-order valence-electron chi connectivity index (χ4n) is 2.68. The number of hydrogen-bond donors (Lipinski definition) is 1. The van der Waals surface area contributed by atoms with Crippen LogP contribution in [0.1, 0.15) is 18.4 Å². The number of para-hydroxylation sites is 1. The van der Waals surface area contributed by atoms with E-state index in [2.05, 4.69) is 11.0 Å². The molecule has 0 saturated carbocycles. The van der Waals surface area contributed by atoms with Gasteiger partial charge in [0, 0.05) is 23.5 Å². The molecule has 3 heteroatoms. The van der Waals surface area contributed by atoms with Gasteiger partial charge in [0.2, 0.25) is 0 Å². The Labute approximate surface area is 101 Å². The van der Waals surface area contributed by atoms with Gasteiger partial charge in [0.1, 0.15) is 5.58 Å². The molecule has 0 unspecified atom stereocenters. The molecule has 1 fully saturated rings. The number of likely N-dealkylation sites (tertiary alicyclic amines) is 1. The van der Waals surface area contributed by atoms with E-state index in [9.17, 15) is 5.11 Å². The summed E-state index contributed by atoms with van der Waals surface area (Å²) in [6, 6.07) is 8.44. The quantitative estimate of drug-likeness (QED) is 0.881. The molecule has 0 aliphatic carbocycles. The maximum absolute atomic E-state index is 9.31. The van der Waals surface area contributed by atoms with Gasteiger partial charge in [-0.25, -0.2) is 0 Å². The summed E-state index contributed by atoms with van der Waals surface area (Å²) in [6.45, 7) is 2.21. The monoisotopic (exact) mass is 231 g/mol. The second-order valence-electron chi connectivity index (χ2n) is 4.71. The molecule has 17 heavy (non-hydrogen) atoms. The summed E-state index contributed by atoms with van der Waals surface area (Å²) < 4.78 is 5.54. The highest BCUT2D eigenvalue weighted by molar-refractivity contribution is 5.80. The fraction of sp³-hybridized carbons (Fsp3) is 0.429. The van der Waals surface area contributed by atoms with Crippen LogP contribution in [0.25, 0.3) is 11.0 Å². The molecule has 0 radical (unpaired) electrons. The van der Waals surface area contributed by atoms with E-state index in [1.807, 2.05) is 24.5 Å². The van der Waals surface area contributed by atoms with Crippen molar-refractivity contribution in [3.05, 3.63) is 36.1 Å². The number of benzene rings is 1. The van der Waals surface area contributed by atoms with Crippen molar-refractivity contribution in [3.8, 4) is 0 Å². The molecule has 1 aromatic heterocycles. The molecule has 1 aliphatic heterocycles. The normalized spacial score (nSPS) is 21.4. The molecule has 1 aliphatic rings. The van der Waals surface area contributed by atoms with Gasteiger partial charge in [0.15, 0.2) is 0 Å². The molecule has 0 spiro atoms. The molecule has 0 bridgehead atoms. The lowest BCUT2D eigenvalue weighted by atomic mass is 10.1. The third-order valence-corrected chi connectivity index (χ3v) is 3.64. The van der Waals surface area contributed by atoms with Gasteiger partial charge in [0.05, 0.1) is 12.9 Å². The predicted molar refractivity (Wildman–Crippen MR) is 66.7 cm³/mol. The Bertz CT molecular complexity index is 506. The van der Waals surface area contributed by atoms with Crippen molar-refractivity contribution in [2.24, 2.45) is 0 Å². The van der Waals surface area contributed by atoms with Gasteiger partial charge in [-0.1, -0.05) is 18.2 Å². The Hall–Kier alpha value is -1.32. The van der Waals surface area contributed by atoms with E-state index >= 15 is 0 Å². The highest BCUT2D eigenvalue weighted by Gasteiger charge is 2.24. The molecule has 1 aromatic carbocycles. The number of aliphatic hydroxyl groups is 1. The first-order valence-corrected chi connectivity index (χ1v) is 6.18. The summed E-state index contributed by atoms with van der Waals surface area (Å²) in [5.74, 6) is 0. The Morgan fingerprint density at radius 3 is 3.12 bits per heavy atom. The molecule has 1 saturated heterocycles. The van der Waals surface area contributed by atoms with E-state index < -0.39 is 0 Å². The second-order valence-corrected chi connectivity index (χ2v) is 4.71. The van der Waals surface area contributed by atoms with Crippen molar-refractivity contribution in [1.29, 1.82) is 0 Å². The first-order chi connectivity index (χ1) is 8.38. The van der Waals surface area contributed by atoms with Crippen molar-refractivity contribution in [3.63, 3.8) is 0 Å². The topological polar surface area (TPSA) is 36.6 Å². The molecular formula is C14H17NO2. The smallest absolute Gasteiger partial charge is 0.134 e. The summed E-state index contributed by atoms with van der Waals surface area (Å²) in [6.07, 6.45) is 4.13. The average molecular weight is 231 g/mol. The average Bonchev–Trinajstić information content (AvgIpc) is 2.97. The van der Waals surface area contributed by atoms with E-state index in [1.54, 1.807) is 0 Å². The van der Waals surface area contributed by atoms with Crippen LogP contribution in [0, 0.1) is 0 Å². The number of hydrogen-bond acceptors (Lipinski definition) is 3. The minimum absolute atomic E-state index is 0.260. The van der Waals surface area contributed by atoms with Crippen LogP contribution in [0.15, 0.2) is 34.9 Å². The van der Waals surface area contributed by atoms with Gasteiger partial charge in [0.25, 0.3) is 0 Å². The minimum Gasteiger partial charge on any atom is -0.464 e. The van der Waals surface area contributed by atoms with Crippen LogP contribution >= 0.6 is 0 Å². The highest BCUT2D eigenvalue weighted by atomic mass is 16.3. The van der Waals surface area contributed by atoms with Gasteiger partial charge < -0.3 is 9.52 Å². The van der Waals surface area contributed by atoms with Gasteiger partial charge in [-0.15, -0.1) is 0 Å². The molecule has 1 atom stereocenters. The summed E-state index contributed by atoms with van der Waals surface area (Å²) in [5.41, 5.74) is 2.17. The maximum Gasteiger partial charge on any atom is 0.134 e.